The molecule has 1 atom stereocenters. The minimum atomic E-state index is -0.510. The second kappa shape index (κ2) is 5.52. The summed E-state index contributed by atoms with van der Waals surface area (Å²) in [5, 5.41) is 12.3. The van der Waals surface area contributed by atoms with Gasteiger partial charge in [0.2, 0.25) is 0 Å². The van der Waals surface area contributed by atoms with Gasteiger partial charge in [-0.15, -0.1) is 0 Å². The van der Waals surface area contributed by atoms with Crippen molar-refractivity contribution in [3.8, 4) is 11.8 Å². The second-order valence-electron chi connectivity index (χ2n) is 4.33. The summed E-state index contributed by atoms with van der Waals surface area (Å²) in [5.41, 5.74) is 5.88. The fourth-order valence-electron chi connectivity index (χ4n) is 1.60. The van der Waals surface area contributed by atoms with E-state index in [0.29, 0.717) is 11.8 Å². The minimum Gasteiger partial charge on any atom is -0.484 e. The van der Waals surface area contributed by atoms with Gasteiger partial charge in [-0.2, -0.15) is 5.26 Å². The van der Waals surface area contributed by atoms with Gasteiger partial charge in [-0.25, -0.2) is 0 Å². The number of carbonyl (C=O) groups excluding carboxylic acids is 1. The molecular weight excluding hydrogens is 230 g/mol. The monoisotopic (exact) mass is 245 g/mol. The Balaban J connectivity index is 1.96. The maximum Gasteiger partial charge on any atom is 0.255 e. The van der Waals surface area contributed by atoms with E-state index >= 15 is 0 Å². The van der Waals surface area contributed by atoms with Gasteiger partial charge in [0.15, 0.2) is 6.61 Å². The smallest absolute Gasteiger partial charge is 0.255 e. The Labute approximate surface area is 106 Å². The molecule has 1 fully saturated rings. The molecule has 1 aromatic carbocycles. The Morgan fingerprint density at radius 2 is 2.17 bits per heavy atom. The van der Waals surface area contributed by atoms with Gasteiger partial charge in [-0.1, -0.05) is 12.1 Å². The molecule has 0 radical (unpaired) electrons. The van der Waals surface area contributed by atoms with Crippen molar-refractivity contribution in [2.45, 2.75) is 24.9 Å². The summed E-state index contributed by atoms with van der Waals surface area (Å²) in [5.74, 6) is 0.0602. The van der Waals surface area contributed by atoms with E-state index < -0.39 is 5.91 Å². The molecule has 1 saturated carbocycles. The quantitative estimate of drug-likeness (QED) is 0.778. The SMILES string of the molecule is N#CC(NC1CC1)c1ccc(OCC(N)=O)cc1. The third-order valence-corrected chi connectivity index (χ3v) is 2.70. The van der Waals surface area contributed by atoms with Crippen LogP contribution in [0.15, 0.2) is 24.3 Å². The number of primary amides is 1. The lowest BCUT2D eigenvalue weighted by Crippen LogP contribution is -2.22. The molecule has 1 aromatic rings. The van der Waals surface area contributed by atoms with Crippen molar-refractivity contribution in [2.75, 3.05) is 6.61 Å². The van der Waals surface area contributed by atoms with Gasteiger partial charge in [0.1, 0.15) is 11.8 Å². The van der Waals surface area contributed by atoms with Crippen LogP contribution < -0.4 is 15.8 Å². The molecule has 1 unspecified atom stereocenters. The van der Waals surface area contributed by atoms with Crippen LogP contribution in [0.25, 0.3) is 0 Å². The van der Waals surface area contributed by atoms with Crippen LogP contribution in [0, 0.1) is 11.3 Å². The highest BCUT2D eigenvalue weighted by atomic mass is 16.5. The molecule has 0 spiro atoms. The molecule has 0 aliphatic heterocycles. The lowest BCUT2D eigenvalue weighted by molar-refractivity contribution is -0.119. The van der Waals surface area contributed by atoms with Gasteiger partial charge < -0.3 is 10.5 Å². The third kappa shape index (κ3) is 3.47. The first-order valence-corrected chi connectivity index (χ1v) is 5.86. The predicted molar refractivity (Wildman–Crippen MR) is 65.6 cm³/mol. The zero-order valence-electron chi connectivity index (χ0n) is 9.93. The van der Waals surface area contributed by atoms with E-state index in [1.807, 2.05) is 12.1 Å². The lowest BCUT2D eigenvalue weighted by atomic mass is 10.1. The molecule has 0 bridgehead atoms. The zero-order valence-corrected chi connectivity index (χ0v) is 9.93. The standard InChI is InChI=1S/C13H15N3O2/c14-7-12(16-10-3-4-10)9-1-5-11(6-2-9)18-8-13(15)17/h1-2,5-6,10,12,16H,3-4,8H2,(H2,15,17). The topological polar surface area (TPSA) is 88.1 Å². The van der Waals surface area contributed by atoms with Crippen LogP contribution in [0.2, 0.25) is 0 Å². The maximum absolute atomic E-state index is 10.6. The molecule has 0 aromatic heterocycles. The largest absolute Gasteiger partial charge is 0.484 e. The first-order valence-electron chi connectivity index (χ1n) is 5.86. The predicted octanol–water partition coefficient (Wildman–Crippen LogP) is 0.867. The summed E-state index contributed by atoms with van der Waals surface area (Å²) in [6, 6.07) is 9.52. The van der Waals surface area contributed by atoms with Crippen molar-refractivity contribution in [1.29, 1.82) is 5.26 Å². The molecule has 18 heavy (non-hydrogen) atoms. The van der Waals surface area contributed by atoms with Crippen LogP contribution in [0.1, 0.15) is 24.4 Å². The van der Waals surface area contributed by atoms with Crippen molar-refractivity contribution < 1.29 is 9.53 Å². The van der Waals surface area contributed by atoms with E-state index in [-0.39, 0.29) is 12.6 Å². The number of carbonyl (C=O) groups is 1. The average molecular weight is 245 g/mol. The van der Waals surface area contributed by atoms with Gasteiger partial charge in [0.05, 0.1) is 6.07 Å². The molecule has 0 saturated heterocycles. The Morgan fingerprint density at radius 3 is 2.67 bits per heavy atom. The highest BCUT2D eigenvalue weighted by molar-refractivity contribution is 5.75. The summed E-state index contributed by atoms with van der Waals surface area (Å²) >= 11 is 0. The number of rotatable bonds is 6. The van der Waals surface area contributed by atoms with Crippen LogP contribution >= 0.6 is 0 Å². The second-order valence-corrected chi connectivity index (χ2v) is 4.33. The molecule has 94 valence electrons. The Morgan fingerprint density at radius 1 is 1.50 bits per heavy atom. The summed E-state index contributed by atoms with van der Waals surface area (Å²) in [6.45, 7) is -0.138. The number of hydrogen-bond acceptors (Lipinski definition) is 4. The molecule has 1 aliphatic rings. The van der Waals surface area contributed by atoms with Gasteiger partial charge in [-0.3, -0.25) is 10.1 Å². The molecule has 0 heterocycles. The number of nitriles is 1. The molecule has 5 heteroatoms. The molecule has 5 nitrogen and oxygen atoms in total. The van der Waals surface area contributed by atoms with E-state index in [1.54, 1.807) is 12.1 Å². The fraction of sp³-hybridized carbons (Fsp3) is 0.385. The number of nitrogens with two attached hydrogens (primary N) is 1. The lowest BCUT2D eigenvalue weighted by Gasteiger charge is -2.11. The fourth-order valence-corrected chi connectivity index (χ4v) is 1.60. The minimum absolute atomic E-state index is 0.138. The molecule has 2 rings (SSSR count). The molecule has 1 aliphatic carbocycles. The van der Waals surface area contributed by atoms with Crippen LogP contribution in [-0.2, 0) is 4.79 Å². The van der Waals surface area contributed by atoms with Crippen LogP contribution in [-0.4, -0.2) is 18.6 Å². The Kier molecular flexibility index (Phi) is 3.80. The van der Waals surface area contributed by atoms with Gasteiger partial charge >= 0.3 is 0 Å². The number of hydrogen-bond donors (Lipinski definition) is 2. The van der Waals surface area contributed by atoms with Gasteiger partial charge in [-0.05, 0) is 30.5 Å². The van der Waals surface area contributed by atoms with E-state index in [2.05, 4.69) is 11.4 Å². The summed E-state index contributed by atoms with van der Waals surface area (Å²) in [6.07, 6.45) is 2.27. The van der Waals surface area contributed by atoms with Gasteiger partial charge in [0, 0.05) is 6.04 Å². The Hall–Kier alpha value is -2.06. The van der Waals surface area contributed by atoms with Crippen molar-refractivity contribution in [3.63, 3.8) is 0 Å². The molecule has 1 amide bonds. The molecular formula is C13H15N3O2. The summed E-state index contributed by atoms with van der Waals surface area (Å²) in [4.78, 5) is 10.6. The van der Waals surface area contributed by atoms with Crippen molar-refractivity contribution >= 4 is 5.91 Å². The number of ether oxygens (including phenoxy) is 1. The van der Waals surface area contributed by atoms with Crippen molar-refractivity contribution in [1.82, 2.24) is 5.32 Å². The van der Waals surface area contributed by atoms with Gasteiger partial charge in [0.25, 0.3) is 5.91 Å². The zero-order chi connectivity index (χ0) is 13.0. The van der Waals surface area contributed by atoms with E-state index in [9.17, 15) is 4.79 Å². The highest BCUT2D eigenvalue weighted by Crippen LogP contribution is 2.24. The normalized spacial score (nSPS) is 15.7. The van der Waals surface area contributed by atoms with E-state index in [1.165, 1.54) is 0 Å². The van der Waals surface area contributed by atoms with Crippen molar-refractivity contribution in [3.05, 3.63) is 29.8 Å². The number of benzene rings is 1. The summed E-state index contributed by atoms with van der Waals surface area (Å²) < 4.78 is 5.15. The van der Waals surface area contributed by atoms with Crippen molar-refractivity contribution in [2.24, 2.45) is 5.73 Å². The summed E-state index contributed by atoms with van der Waals surface area (Å²) in [7, 11) is 0. The average Bonchev–Trinajstić information content (AvgIpc) is 3.18. The number of nitrogens with one attached hydrogen (secondary N) is 1. The van der Waals surface area contributed by atoms with Crippen LogP contribution in [0.4, 0.5) is 0 Å². The number of amides is 1. The van der Waals surface area contributed by atoms with E-state index in [0.717, 1.165) is 18.4 Å². The third-order valence-electron chi connectivity index (χ3n) is 2.70. The first kappa shape index (κ1) is 12.4. The first-order chi connectivity index (χ1) is 8.69. The number of nitrogens with zero attached hydrogens (tertiary/aromatic N) is 1. The molecule has 3 N–H and O–H groups in total. The highest BCUT2D eigenvalue weighted by Gasteiger charge is 2.25. The Bertz CT molecular complexity index is 460. The van der Waals surface area contributed by atoms with Crippen LogP contribution in [0.5, 0.6) is 5.75 Å². The van der Waals surface area contributed by atoms with E-state index in [4.69, 9.17) is 15.7 Å². The van der Waals surface area contributed by atoms with Crippen LogP contribution in [0.3, 0.4) is 0 Å². The maximum atomic E-state index is 10.6.